The molecule has 0 saturated carbocycles. The second-order valence-electron chi connectivity index (χ2n) is 4.20. The van der Waals surface area contributed by atoms with Crippen LogP contribution in [0.25, 0.3) is 0 Å². The van der Waals surface area contributed by atoms with E-state index in [-0.39, 0.29) is 35.7 Å². The molecular formula is C12H5Cl7O2. The van der Waals surface area contributed by atoms with Crippen LogP contribution in [0.3, 0.4) is 0 Å². The number of rotatable bonds is 1. The van der Waals surface area contributed by atoms with Crippen LogP contribution in [-0.2, 0) is 5.60 Å². The average molecular weight is 429 g/mol. The molecule has 0 bridgehead atoms. The number of hydrogen-bond acceptors (Lipinski definition) is 2. The molecular weight excluding hydrogens is 424 g/mol. The summed E-state index contributed by atoms with van der Waals surface area (Å²) in [5.74, 6) is -0.433. The maximum Gasteiger partial charge on any atom is 0.135 e. The van der Waals surface area contributed by atoms with Crippen LogP contribution >= 0.6 is 81.2 Å². The van der Waals surface area contributed by atoms with Crippen LogP contribution in [0, 0.1) is 0 Å². The smallest absolute Gasteiger partial charge is 0.135 e. The minimum absolute atomic E-state index is 0.0157. The predicted molar refractivity (Wildman–Crippen MR) is 89.7 cm³/mol. The molecule has 0 spiro atoms. The van der Waals surface area contributed by atoms with E-state index < -0.39 is 16.7 Å². The standard InChI is InChI=1S/C12H5Cl7O2/c13-3-1-2-12(21,11(19)10(3)20)4-5(14)7(16)9(18)8(17)6(4)15/h1-2,11,20-21H. The minimum Gasteiger partial charge on any atom is -0.509 e. The summed E-state index contributed by atoms with van der Waals surface area (Å²) in [4.78, 5) is 0. The van der Waals surface area contributed by atoms with E-state index in [2.05, 4.69) is 0 Å². The number of aliphatic hydroxyl groups is 2. The van der Waals surface area contributed by atoms with E-state index >= 15 is 0 Å². The third-order valence-corrected chi connectivity index (χ3v) is 6.10. The summed E-state index contributed by atoms with van der Waals surface area (Å²) in [6.45, 7) is 0. The van der Waals surface area contributed by atoms with E-state index in [1.807, 2.05) is 0 Å². The number of benzene rings is 1. The Bertz CT molecular complexity index is 654. The zero-order valence-corrected chi connectivity index (χ0v) is 15.1. The molecule has 2 atom stereocenters. The van der Waals surface area contributed by atoms with E-state index in [1.54, 1.807) is 0 Å². The lowest BCUT2D eigenvalue weighted by molar-refractivity contribution is 0.0792. The van der Waals surface area contributed by atoms with Gasteiger partial charge in [-0.25, -0.2) is 0 Å². The Morgan fingerprint density at radius 2 is 1.29 bits per heavy atom. The molecule has 1 aliphatic carbocycles. The lowest BCUT2D eigenvalue weighted by Gasteiger charge is -2.34. The first-order valence-electron chi connectivity index (χ1n) is 5.29. The molecule has 0 aromatic heterocycles. The quantitative estimate of drug-likeness (QED) is 0.311. The number of hydrogen-bond donors (Lipinski definition) is 2. The minimum atomic E-state index is -1.96. The summed E-state index contributed by atoms with van der Waals surface area (Å²) in [5.41, 5.74) is -2.03. The third-order valence-electron chi connectivity index (χ3n) is 2.97. The molecule has 0 saturated heterocycles. The molecule has 1 aliphatic rings. The van der Waals surface area contributed by atoms with Crippen LogP contribution in [0.2, 0.25) is 25.1 Å². The van der Waals surface area contributed by atoms with Gasteiger partial charge >= 0.3 is 0 Å². The van der Waals surface area contributed by atoms with Gasteiger partial charge in [0.15, 0.2) is 0 Å². The molecule has 9 heteroatoms. The fourth-order valence-electron chi connectivity index (χ4n) is 1.87. The Morgan fingerprint density at radius 3 is 1.76 bits per heavy atom. The maximum absolute atomic E-state index is 10.8. The van der Waals surface area contributed by atoms with Crippen LogP contribution < -0.4 is 0 Å². The molecule has 0 heterocycles. The summed E-state index contributed by atoms with van der Waals surface area (Å²) in [6, 6.07) is 0. The van der Waals surface area contributed by atoms with Gasteiger partial charge in [0.25, 0.3) is 0 Å². The van der Waals surface area contributed by atoms with Gasteiger partial charge in [-0.3, -0.25) is 0 Å². The fraction of sp³-hybridized carbons (Fsp3) is 0.167. The highest BCUT2D eigenvalue weighted by Crippen LogP contribution is 2.51. The zero-order chi connectivity index (χ0) is 16.1. The molecule has 1 aromatic carbocycles. The van der Waals surface area contributed by atoms with E-state index in [1.165, 1.54) is 12.2 Å². The normalized spacial score (nSPS) is 25.6. The number of alkyl halides is 1. The number of aliphatic hydroxyl groups excluding tert-OH is 1. The first-order valence-corrected chi connectivity index (χ1v) is 7.99. The molecule has 0 fully saturated rings. The lowest BCUT2D eigenvalue weighted by atomic mass is 9.86. The van der Waals surface area contributed by atoms with Crippen molar-refractivity contribution in [1.82, 2.24) is 0 Å². The van der Waals surface area contributed by atoms with Gasteiger partial charge in [-0.05, 0) is 12.2 Å². The van der Waals surface area contributed by atoms with Crippen molar-refractivity contribution in [1.29, 1.82) is 0 Å². The largest absolute Gasteiger partial charge is 0.509 e. The Balaban J connectivity index is 2.77. The van der Waals surface area contributed by atoms with Gasteiger partial charge in [-0.2, -0.15) is 0 Å². The van der Waals surface area contributed by atoms with Crippen molar-refractivity contribution in [2.24, 2.45) is 0 Å². The summed E-state index contributed by atoms with van der Waals surface area (Å²) in [6.07, 6.45) is 2.50. The lowest BCUT2D eigenvalue weighted by Crippen LogP contribution is -2.38. The van der Waals surface area contributed by atoms with Gasteiger partial charge in [-0.15, -0.1) is 11.6 Å². The SMILES string of the molecule is OC1=C(Cl)C=CC(O)(c2c(Cl)c(Cl)c(Cl)c(Cl)c2Cl)C1Cl. The Kier molecular flexibility index (Phi) is 5.25. The van der Waals surface area contributed by atoms with Crippen molar-refractivity contribution in [2.45, 2.75) is 11.0 Å². The van der Waals surface area contributed by atoms with Gasteiger partial charge < -0.3 is 10.2 Å². The van der Waals surface area contributed by atoms with Crippen molar-refractivity contribution < 1.29 is 10.2 Å². The zero-order valence-electron chi connectivity index (χ0n) is 9.77. The van der Waals surface area contributed by atoms with E-state index in [0.717, 1.165) is 0 Å². The first-order chi connectivity index (χ1) is 9.62. The summed E-state index contributed by atoms with van der Waals surface area (Å²) in [7, 11) is 0. The summed E-state index contributed by atoms with van der Waals surface area (Å²) in [5, 5.41) is 18.8. The monoisotopic (exact) mass is 426 g/mol. The second kappa shape index (κ2) is 6.18. The highest BCUT2D eigenvalue weighted by molar-refractivity contribution is 6.55. The highest BCUT2D eigenvalue weighted by atomic mass is 35.5. The summed E-state index contributed by atoms with van der Waals surface area (Å²) >= 11 is 41.8. The third kappa shape index (κ3) is 2.75. The molecule has 2 nitrogen and oxygen atoms in total. The molecule has 0 amide bonds. The van der Waals surface area contributed by atoms with Crippen LogP contribution in [0.1, 0.15) is 5.56 Å². The molecule has 114 valence electrons. The van der Waals surface area contributed by atoms with E-state index in [0.29, 0.717) is 0 Å². The molecule has 0 radical (unpaired) electrons. The van der Waals surface area contributed by atoms with Crippen LogP contribution in [0.4, 0.5) is 0 Å². The predicted octanol–water partition coefficient (Wildman–Crippen LogP) is 6.33. The van der Waals surface area contributed by atoms with Crippen molar-refractivity contribution in [3.63, 3.8) is 0 Å². The molecule has 2 rings (SSSR count). The van der Waals surface area contributed by atoms with Gasteiger partial charge in [0, 0.05) is 5.56 Å². The van der Waals surface area contributed by atoms with Gasteiger partial charge in [0.05, 0.1) is 30.1 Å². The van der Waals surface area contributed by atoms with E-state index in [4.69, 9.17) is 81.2 Å². The van der Waals surface area contributed by atoms with Crippen molar-refractivity contribution in [3.05, 3.63) is 53.6 Å². The topological polar surface area (TPSA) is 40.5 Å². The number of allylic oxidation sites excluding steroid dienone is 2. The van der Waals surface area contributed by atoms with Gasteiger partial charge in [0.2, 0.25) is 0 Å². The Labute approximate surface area is 155 Å². The summed E-state index contributed by atoms with van der Waals surface area (Å²) < 4.78 is 0. The molecule has 2 N–H and O–H groups in total. The van der Waals surface area contributed by atoms with Crippen LogP contribution in [0.15, 0.2) is 22.9 Å². The molecule has 0 aliphatic heterocycles. The fourth-order valence-corrected chi connectivity index (χ4v) is 3.83. The Morgan fingerprint density at radius 1 is 0.857 bits per heavy atom. The van der Waals surface area contributed by atoms with Crippen molar-refractivity contribution >= 4 is 81.2 Å². The van der Waals surface area contributed by atoms with Crippen LogP contribution in [0.5, 0.6) is 0 Å². The Hall–Kier alpha value is 0.490. The number of halogens is 7. The maximum atomic E-state index is 10.8. The first kappa shape index (κ1) is 17.8. The van der Waals surface area contributed by atoms with E-state index in [9.17, 15) is 10.2 Å². The van der Waals surface area contributed by atoms with Crippen molar-refractivity contribution in [2.75, 3.05) is 0 Å². The van der Waals surface area contributed by atoms with Gasteiger partial charge in [-0.1, -0.05) is 69.6 Å². The highest BCUT2D eigenvalue weighted by Gasteiger charge is 2.45. The van der Waals surface area contributed by atoms with Crippen molar-refractivity contribution in [3.8, 4) is 0 Å². The molecule has 2 unspecified atom stereocenters. The van der Waals surface area contributed by atoms with Crippen LogP contribution in [-0.4, -0.2) is 15.6 Å². The second-order valence-corrected chi connectivity index (χ2v) is 6.93. The molecule has 1 aromatic rings. The van der Waals surface area contributed by atoms with Gasteiger partial charge in [0.1, 0.15) is 16.7 Å². The molecule has 21 heavy (non-hydrogen) atoms. The average Bonchev–Trinajstić information content (AvgIpc) is 2.45.